The minimum Gasteiger partial charge on any atom is -0.369 e. The summed E-state index contributed by atoms with van der Waals surface area (Å²) in [7, 11) is 0. The minimum absolute atomic E-state index is 0.594. The van der Waals surface area contributed by atoms with Gasteiger partial charge in [0.1, 0.15) is 6.07 Å². The van der Waals surface area contributed by atoms with E-state index in [4.69, 9.17) is 11.6 Å². The van der Waals surface area contributed by atoms with Crippen LogP contribution in [0.5, 0.6) is 0 Å². The van der Waals surface area contributed by atoms with Crippen LogP contribution in [0.3, 0.4) is 0 Å². The Kier molecular flexibility index (Phi) is 4.40. The number of halogens is 1. The maximum Gasteiger partial charge on any atom is 0.151 e. The zero-order valence-electron chi connectivity index (χ0n) is 12.1. The Bertz CT molecular complexity index is 683. The summed E-state index contributed by atoms with van der Waals surface area (Å²) in [5.41, 5.74) is 1.58. The molecular formula is C16H16ClN5. The Labute approximate surface area is 134 Å². The molecule has 112 valence electrons. The van der Waals surface area contributed by atoms with Crippen LogP contribution >= 0.6 is 11.6 Å². The van der Waals surface area contributed by atoms with Gasteiger partial charge in [0, 0.05) is 37.4 Å². The quantitative estimate of drug-likeness (QED) is 0.853. The van der Waals surface area contributed by atoms with Crippen LogP contribution in [-0.2, 0) is 0 Å². The zero-order valence-corrected chi connectivity index (χ0v) is 12.9. The molecule has 0 N–H and O–H groups in total. The number of nitrogens with zero attached hydrogens (tertiary/aromatic N) is 5. The van der Waals surface area contributed by atoms with E-state index in [-0.39, 0.29) is 0 Å². The lowest BCUT2D eigenvalue weighted by Gasteiger charge is -2.24. The van der Waals surface area contributed by atoms with Gasteiger partial charge in [-0.15, -0.1) is 5.10 Å². The molecule has 1 saturated heterocycles. The summed E-state index contributed by atoms with van der Waals surface area (Å²) in [5, 5.41) is 18.0. The third-order valence-corrected chi connectivity index (χ3v) is 4.03. The highest BCUT2D eigenvalue weighted by Crippen LogP contribution is 2.25. The third kappa shape index (κ3) is 3.12. The highest BCUT2D eigenvalue weighted by Gasteiger charge is 2.18. The fourth-order valence-corrected chi connectivity index (χ4v) is 2.90. The number of rotatable bonds is 2. The second-order valence-corrected chi connectivity index (χ2v) is 5.62. The monoisotopic (exact) mass is 313 g/mol. The molecule has 0 spiro atoms. The van der Waals surface area contributed by atoms with Crippen LogP contribution in [0.2, 0.25) is 5.02 Å². The number of aromatic nitrogens is 2. The Balaban J connectivity index is 1.77. The molecule has 1 aromatic carbocycles. The predicted octanol–water partition coefficient (Wildman–Crippen LogP) is 2.72. The van der Waals surface area contributed by atoms with Crippen molar-refractivity contribution < 1.29 is 0 Å². The van der Waals surface area contributed by atoms with Crippen LogP contribution in [0.25, 0.3) is 0 Å². The second kappa shape index (κ2) is 6.63. The topological polar surface area (TPSA) is 56.1 Å². The molecule has 0 atom stereocenters. The number of anilines is 2. The summed E-state index contributed by atoms with van der Waals surface area (Å²) in [6.07, 6.45) is 2.69. The molecule has 0 radical (unpaired) electrons. The number of nitriles is 1. The predicted molar refractivity (Wildman–Crippen MR) is 87.2 cm³/mol. The van der Waals surface area contributed by atoms with Gasteiger partial charge in [-0.05, 0) is 36.8 Å². The van der Waals surface area contributed by atoms with Crippen molar-refractivity contribution in [3.05, 3.63) is 47.1 Å². The van der Waals surface area contributed by atoms with Gasteiger partial charge in [-0.1, -0.05) is 11.6 Å². The highest BCUT2D eigenvalue weighted by atomic mass is 35.5. The second-order valence-electron chi connectivity index (χ2n) is 5.18. The van der Waals surface area contributed by atoms with Gasteiger partial charge >= 0.3 is 0 Å². The first-order valence-corrected chi connectivity index (χ1v) is 7.63. The van der Waals surface area contributed by atoms with Crippen LogP contribution in [0.1, 0.15) is 12.0 Å². The zero-order chi connectivity index (χ0) is 15.4. The molecule has 1 aliphatic rings. The molecule has 22 heavy (non-hydrogen) atoms. The van der Waals surface area contributed by atoms with Crippen molar-refractivity contribution in [2.75, 3.05) is 36.0 Å². The van der Waals surface area contributed by atoms with Crippen LogP contribution in [-0.4, -0.2) is 36.4 Å². The van der Waals surface area contributed by atoms with Crippen molar-refractivity contribution in [1.29, 1.82) is 5.26 Å². The number of benzene rings is 1. The molecule has 3 rings (SSSR count). The summed E-state index contributed by atoms with van der Waals surface area (Å²) >= 11 is 5.98. The summed E-state index contributed by atoms with van der Waals surface area (Å²) in [6.45, 7) is 3.54. The normalized spacial score (nSPS) is 15.3. The highest BCUT2D eigenvalue weighted by molar-refractivity contribution is 6.30. The van der Waals surface area contributed by atoms with E-state index in [9.17, 15) is 5.26 Å². The molecule has 5 nitrogen and oxygen atoms in total. The lowest BCUT2D eigenvalue weighted by atomic mass is 10.1. The average Bonchev–Trinajstić information content (AvgIpc) is 2.81. The Morgan fingerprint density at radius 1 is 1.09 bits per heavy atom. The van der Waals surface area contributed by atoms with Crippen molar-refractivity contribution in [3.63, 3.8) is 0 Å². The third-order valence-electron chi connectivity index (χ3n) is 3.80. The van der Waals surface area contributed by atoms with Crippen LogP contribution in [0.4, 0.5) is 11.5 Å². The van der Waals surface area contributed by atoms with Gasteiger partial charge in [-0.3, -0.25) is 0 Å². The lowest BCUT2D eigenvalue weighted by molar-refractivity contribution is 0.786. The molecule has 2 heterocycles. The van der Waals surface area contributed by atoms with Crippen molar-refractivity contribution in [3.8, 4) is 6.07 Å². The minimum atomic E-state index is 0.594. The van der Waals surface area contributed by atoms with Gasteiger partial charge in [-0.2, -0.15) is 10.4 Å². The van der Waals surface area contributed by atoms with E-state index in [0.717, 1.165) is 44.1 Å². The van der Waals surface area contributed by atoms with E-state index >= 15 is 0 Å². The molecule has 2 aromatic rings. The van der Waals surface area contributed by atoms with Gasteiger partial charge in [-0.25, -0.2) is 0 Å². The number of hydrogen-bond donors (Lipinski definition) is 0. The van der Waals surface area contributed by atoms with Gasteiger partial charge in [0.25, 0.3) is 0 Å². The first-order chi connectivity index (χ1) is 10.8. The van der Waals surface area contributed by atoms with Gasteiger partial charge in [0.2, 0.25) is 0 Å². The summed E-state index contributed by atoms with van der Waals surface area (Å²) < 4.78 is 0. The van der Waals surface area contributed by atoms with E-state index in [2.05, 4.69) is 26.1 Å². The Morgan fingerprint density at radius 3 is 2.68 bits per heavy atom. The Hall–Kier alpha value is -2.32. The van der Waals surface area contributed by atoms with Gasteiger partial charge < -0.3 is 9.80 Å². The first-order valence-electron chi connectivity index (χ1n) is 7.25. The van der Waals surface area contributed by atoms with E-state index in [1.54, 1.807) is 12.3 Å². The summed E-state index contributed by atoms with van der Waals surface area (Å²) in [6, 6.07) is 11.6. The molecule has 1 fully saturated rings. The van der Waals surface area contributed by atoms with Crippen molar-refractivity contribution in [2.24, 2.45) is 0 Å². The fraction of sp³-hybridized carbons (Fsp3) is 0.312. The molecule has 0 amide bonds. The molecule has 0 bridgehead atoms. The van der Waals surface area contributed by atoms with Crippen molar-refractivity contribution in [2.45, 2.75) is 6.42 Å². The maximum atomic E-state index is 9.31. The molecule has 0 saturated carbocycles. The maximum absolute atomic E-state index is 9.31. The summed E-state index contributed by atoms with van der Waals surface area (Å²) in [5.74, 6) is 0.904. The Morgan fingerprint density at radius 2 is 1.91 bits per heavy atom. The standard InChI is InChI=1S/C16H16ClN5/c17-14-4-5-15(13(11-14)12-18)21-7-2-8-22(10-9-21)16-3-1-6-19-20-16/h1,3-6,11H,2,7-10H2. The first kappa shape index (κ1) is 14.6. The van der Waals surface area contributed by atoms with E-state index in [1.165, 1.54) is 0 Å². The molecular weight excluding hydrogens is 298 g/mol. The number of hydrogen-bond acceptors (Lipinski definition) is 5. The molecule has 0 unspecified atom stereocenters. The van der Waals surface area contributed by atoms with Crippen molar-refractivity contribution >= 4 is 23.1 Å². The lowest BCUT2D eigenvalue weighted by Crippen LogP contribution is -2.31. The van der Waals surface area contributed by atoms with Gasteiger partial charge in [0.05, 0.1) is 11.3 Å². The van der Waals surface area contributed by atoms with Crippen LogP contribution in [0, 0.1) is 11.3 Å². The van der Waals surface area contributed by atoms with Crippen LogP contribution in [0.15, 0.2) is 36.5 Å². The largest absolute Gasteiger partial charge is 0.369 e. The molecule has 6 heteroatoms. The molecule has 1 aliphatic heterocycles. The van der Waals surface area contributed by atoms with Crippen molar-refractivity contribution in [1.82, 2.24) is 10.2 Å². The van der Waals surface area contributed by atoms with E-state index in [0.29, 0.717) is 10.6 Å². The van der Waals surface area contributed by atoms with Gasteiger partial charge in [0.15, 0.2) is 5.82 Å². The average molecular weight is 314 g/mol. The SMILES string of the molecule is N#Cc1cc(Cl)ccc1N1CCCN(c2cccnn2)CC1. The smallest absolute Gasteiger partial charge is 0.151 e. The fourth-order valence-electron chi connectivity index (χ4n) is 2.72. The van der Waals surface area contributed by atoms with E-state index in [1.807, 2.05) is 24.3 Å². The van der Waals surface area contributed by atoms with E-state index < -0.39 is 0 Å². The molecule has 1 aromatic heterocycles. The summed E-state index contributed by atoms with van der Waals surface area (Å²) in [4.78, 5) is 4.47. The molecule has 0 aliphatic carbocycles. The van der Waals surface area contributed by atoms with Crippen LogP contribution < -0.4 is 9.80 Å².